The van der Waals surface area contributed by atoms with Gasteiger partial charge in [-0.1, -0.05) is 18.2 Å². The molecule has 1 aliphatic rings. The monoisotopic (exact) mass is 488 g/mol. The fraction of sp³-hybridized carbons (Fsp3) is 0.238. The van der Waals surface area contributed by atoms with Gasteiger partial charge in [0.15, 0.2) is 0 Å². The van der Waals surface area contributed by atoms with Crippen molar-refractivity contribution in [2.24, 2.45) is 5.14 Å². The zero-order valence-corrected chi connectivity index (χ0v) is 19.4. The highest BCUT2D eigenvalue weighted by atomic mass is 32.2. The molecule has 0 atom stereocenters. The largest absolute Gasteiger partial charge is 0.340 e. The number of benzene rings is 2. The van der Waals surface area contributed by atoms with Crippen LogP contribution in [0.1, 0.15) is 24.0 Å². The molecule has 4 rings (SSSR count). The van der Waals surface area contributed by atoms with Crippen molar-refractivity contribution in [3.63, 3.8) is 0 Å². The van der Waals surface area contributed by atoms with Gasteiger partial charge in [0.2, 0.25) is 26.0 Å². The Morgan fingerprint density at radius 2 is 1.70 bits per heavy atom. The summed E-state index contributed by atoms with van der Waals surface area (Å²) in [7, 11) is -7.09. The first-order chi connectivity index (χ1) is 15.6. The molecule has 2 aromatic carbocycles. The molecule has 0 spiro atoms. The number of hydrogen-bond acceptors (Lipinski definition) is 8. The Labute approximate surface area is 192 Å². The Kier molecular flexibility index (Phi) is 6.34. The lowest BCUT2D eigenvalue weighted by Crippen LogP contribution is -2.26. The smallest absolute Gasteiger partial charge is 0.238 e. The number of primary sulfonamides is 1. The molecule has 1 aliphatic carbocycles. The Morgan fingerprint density at radius 1 is 1.00 bits per heavy atom. The molecule has 0 aliphatic heterocycles. The van der Waals surface area contributed by atoms with E-state index in [9.17, 15) is 16.8 Å². The van der Waals surface area contributed by atoms with Gasteiger partial charge in [-0.05, 0) is 55.7 Å². The molecule has 5 N–H and O–H groups in total. The van der Waals surface area contributed by atoms with E-state index in [1.165, 1.54) is 12.1 Å². The van der Waals surface area contributed by atoms with Crippen LogP contribution in [0.3, 0.4) is 0 Å². The molecule has 0 radical (unpaired) electrons. The van der Waals surface area contributed by atoms with E-state index in [0.29, 0.717) is 24.3 Å². The molecular weight excluding hydrogens is 464 g/mol. The quantitative estimate of drug-likeness (QED) is 0.358. The summed E-state index contributed by atoms with van der Waals surface area (Å²) in [6.07, 6.45) is 3.06. The van der Waals surface area contributed by atoms with Gasteiger partial charge >= 0.3 is 0 Å². The van der Waals surface area contributed by atoms with Crippen molar-refractivity contribution in [3.8, 4) is 0 Å². The summed E-state index contributed by atoms with van der Waals surface area (Å²) in [5.41, 5.74) is 2.82. The first kappa shape index (κ1) is 23.1. The van der Waals surface area contributed by atoms with Crippen LogP contribution in [0.15, 0.2) is 59.6 Å². The van der Waals surface area contributed by atoms with Gasteiger partial charge < -0.3 is 10.6 Å². The Morgan fingerprint density at radius 3 is 2.39 bits per heavy atom. The maximum atomic E-state index is 12.1. The molecule has 0 bridgehead atoms. The highest BCUT2D eigenvalue weighted by molar-refractivity contribution is 7.90. The summed E-state index contributed by atoms with van der Waals surface area (Å²) in [6.45, 7) is 2.06. The minimum Gasteiger partial charge on any atom is -0.340 e. The summed E-state index contributed by atoms with van der Waals surface area (Å²) in [6, 6.07) is 13.4. The zero-order chi connectivity index (χ0) is 23.6. The van der Waals surface area contributed by atoms with Crippen LogP contribution < -0.4 is 20.5 Å². The number of hydrogen-bond donors (Lipinski definition) is 4. The number of rotatable bonds is 9. The molecule has 1 saturated carbocycles. The van der Waals surface area contributed by atoms with E-state index in [4.69, 9.17) is 5.14 Å². The number of nitrogens with zero attached hydrogens (tertiary/aromatic N) is 2. The molecule has 12 heteroatoms. The summed E-state index contributed by atoms with van der Waals surface area (Å²) >= 11 is 0. The first-order valence-electron chi connectivity index (χ1n) is 10.2. The number of anilines is 4. The topological polar surface area (TPSA) is 156 Å². The molecule has 33 heavy (non-hydrogen) atoms. The van der Waals surface area contributed by atoms with E-state index in [1.54, 1.807) is 18.3 Å². The summed E-state index contributed by atoms with van der Waals surface area (Å²) in [5, 5.41) is 11.1. The second-order valence-corrected chi connectivity index (χ2v) is 11.4. The minimum absolute atomic E-state index is 0.0212. The summed E-state index contributed by atoms with van der Waals surface area (Å²) < 4.78 is 49.9. The molecular formula is C21H24N6O4S2. The first-order valence-corrected chi connectivity index (χ1v) is 13.3. The third-order valence-corrected chi connectivity index (χ3v) is 7.83. The van der Waals surface area contributed by atoms with E-state index in [2.05, 4.69) is 25.3 Å². The second-order valence-electron chi connectivity index (χ2n) is 7.81. The van der Waals surface area contributed by atoms with E-state index in [0.717, 1.165) is 16.8 Å². The van der Waals surface area contributed by atoms with Crippen LogP contribution >= 0.6 is 0 Å². The van der Waals surface area contributed by atoms with Crippen molar-refractivity contribution in [2.75, 3.05) is 10.6 Å². The van der Waals surface area contributed by atoms with Crippen molar-refractivity contribution in [2.45, 2.75) is 36.5 Å². The van der Waals surface area contributed by atoms with Crippen LogP contribution in [0.2, 0.25) is 0 Å². The van der Waals surface area contributed by atoms with E-state index < -0.39 is 20.0 Å². The van der Waals surface area contributed by atoms with Gasteiger partial charge in [-0.25, -0.2) is 31.7 Å². The highest BCUT2D eigenvalue weighted by Gasteiger charge is 2.35. The number of nitrogens with two attached hydrogens (primary N) is 1. The third kappa shape index (κ3) is 6.05. The van der Waals surface area contributed by atoms with Gasteiger partial charge in [-0.15, -0.1) is 0 Å². The molecule has 1 heterocycles. The molecule has 0 unspecified atom stereocenters. The predicted molar refractivity (Wildman–Crippen MR) is 126 cm³/mol. The van der Waals surface area contributed by atoms with Gasteiger partial charge in [0.25, 0.3) is 0 Å². The van der Waals surface area contributed by atoms with Gasteiger partial charge in [0.1, 0.15) is 5.82 Å². The van der Waals surface area contributed by atoms with Crippen LogP contribution in [0, 0.1) is 6.92 Å². The van der Waals surface area contributed by atoms with Crippen LogP contribution in [0.25, 0.3) is 0 Å². The maximum Gasteiger partial charge on any atom is 0.238 e. The fourth-order valence-electron chi connectivity index (χ4n) is 3.08. The Bertz CT molecular complexity index is 1390. The SMILES string of the molecule is Cc1cnc(Nc2cccc(S(N)(=O)=O)c2)nc1Nc1cccc(CNS(=O)(=O)C2CC2)c1. The van der Waals surface area contributed by atoms with Gasteiger partial charge in [0, 0.05) is 29.7 Å². The van der Waals surface area contributed by atoms with Crippen molar-refractivity contribution < 1.29 is 16.8 Å². The summed E-state index contributed by atoms with van der Waals surface area (Å²) in [4.78, 5) is 8.70. The van der Waals surface area contributed by atoms with Crippen LogP contribution in [-0.4, -0.2) is 32.1 Å². The standard InChI is InChI=1S/C21H24N6O4S2/c1-14-12-23-21(26-17-6-3-7-19(11-17)32(22,28)29)27-20(14)25-16-5-2-4-15(10-16)13-24-33(30,31)18-8-9-18/h2-7,10-12,18,24H,8-9,13H2,1H3,(H2,22,28,29)(H2,23,25,26,27). The average Bonchev–Trinajstić information content (AvgIpc) is 3.61. The van der Waals surface area contributed by atoms with E-state index in [1.807, 2.05) is 31.2 Å². The Hall–Kier alpha value is -3.06. The molecule has 174 valence electrons. The van der Waals surface area contributed by atoms with Crippen LogP contribution in [0.4, 0.5) is 23.1 Å². The molecule has 0 saturated heterocycles. The molecule has 10 nitrogen and oxygen atoms in total. The number of aryl methyl sites for hydroxylation is 1. The summed E-state index contributed by atoms with van der Waals surface area (Å²) in [5.74, 6) is 0.814. The molecule has 1 fully saturated rings. The van der Waals surface area contributed by atoms with Crippen molar-refractivity contribution >= 4 is 43.2 Å². The van der Waals surface area contributed by atoms with Gasteiger partial charge in [0.05, 0.1) is 10.1 Å². The lowest BCUT2D eigenvalue weighted by atomic mass is 10.2. The van der Waals surface area contributed by atoms with Crippen LogP contribution in [-0.2, 0) is 26.6 Å². The molecule has 3 aromatic rings. The predicted octanol–water partition coefficient (Wildman–Crippen LogP) is 2.50. The third-order valence-electron chi connectivity index (χ3n) is 5.02. The van der Waals surface area contributed by atoms with Crippen molar-refractivity contribution in [1.29, 1.82) is 0 Å². The molecule has 1 aromatic heterocycles. The number of sulfonamides is 2. The lowest BCUT2D eigenvalue weighted by Gasteiger charge is -2.12. The van der Waals surface area contributed by atoms with E-state index >= 15 is 0 Å². The Balaban J connectivity index is 1.48. The highest BCUT2D eigenvalue weighted by Crippen LogP contribution is 2.28. The fourth-order valence-corrected chi connectivity index (χ4v) is 5.00. The van der Waals surface area contributed by atoms with E-state index in [-0.39, 0.29) is 22.6 Å². The van der Waals surface area contributed by atoms with Gasteiger partial charge in [-0.2, -0.15) is 4.98 Å². The second kappa shape index (κ2) is 9.06. The number of aromatic nitrogens is 2. The average molecular weight is 489 g/mol. The zero-order valence-electron chi connectivity index (χ0n) is 17.8. The minimum atomic E-state index is -3.83. The maximum absolute atomic E-state index is 12.1. The molecule has 0 amide bonds. The van der Waals surface area contributed by atoms with Crippen molar-refractivity contribution in [3.05, 3.63) is 65.9 Å². The normalized spacial score (nSPS) is 14.1. The lowest BCUT2D eigenvalue weighted by molar-refractivity contribution is 0.580. The number of nitrogens with one attached hydrogen (secondary N) is 3. The van der Waals surface area contributed by atoms with Crippen LogP contribution in [0.5, 0.6) is 0 Å². The van der Waals surface area contributed by atoms with Crippen molar-refractivity contribution in [1.82, 2.24) is 14.7 Å². The van der Waals surface area contributed by atoms with Gasteiger partial charge in [-0.3, -0.25) is 0 Å².